The van der Waals surface area contributed by atoms with Crippen molar-refractivity contribution in [2.24, 2.45) is 0 Å². The third-order valence-electron chi connectivity index (χ3n) is 2.90. The molecule has 1 aromatic carbocycles. The molecule has 1 aliphatic rings. The molecule has 5 heteroatoms. The van der Waals surface area contributed by atoms with E-state index < -0.39 is 0 Å². The molecule has 1 unspecified atom stereocenters. The Morgan fingerprint density at radius 1 is 1.53 bits per heavy atom. The zero-order valence-electron chi connectivity index (χ0n) is 9.63. The van der Waals surface area contributed by atoms with Gasteiger partial charge in [-0.15, -0.1) is 12.4 Å². The van der Waals surface area contributed by atoms with E-state index in [-0.39, 0.29) is 24.4 Å². The van der Waals surface area contributed by atoms with Gasteiger partial charge >= 0.3 is 0 Å². The SMILES string of the molecule is Cc1c(Br)cccc1NC(=O)C1CCCN1.Cl. The molecule has 17 heavy (non-hydrogen) atoms. The first-order valence-corrected chi connectivity index (χ1v) is 6.27. The average Bonchev–Trinajstić information content (AvgIpc) is 2.78. The van der Waals surface area contributed by atoms with Gasteiger partial charge in [0.15, 0.2) is 0 Å². The number of nitrogens with one attached hydrogen (secondary N) is 2. The highest BCUT2D eigenvalue weighted by molar-refractivity contribution is 9.10. The van der Waals surface area contributed by atoms with Crippen molar-refractivity contribution in [2.75, 3.05) is 11.9 Å². The second kappa shape index (κ2) is 6.38. The van der Waals surface area contributed by atoms with Gasteiger partial charge in [0.25, 0.3) is 0 Å². The van der Waals surface area contributed by atoms with Gasteiger partial charge in [-0.05, 0) is 44.0 Å². The molecule has 1 aromatic rings. The lowest BCUT2D eigenvalue weighted by Gasteiger charge is -2.13. The van der Waals surface area contributed by atoms with E-state index in [2.05, 4.69) is 26.6 Å². The summed E-state index contributed by atoms with van der Waals surface area (Å²) in [5, 5.41) is 6.15. The zero-order chi connectivity index (χ0) is 11.5. The summed E-state index contributed by atoms with van der Waals surface area (Å²) in [6.45, 7) is 2.93. The molecule has 0 spiro atoms. The second-order valence-electron chi connectivity index (χ2n) is 4.05. The van der Waals surface area contributed by atoms with Crippen molar-refractivity contribution in [2.45, 2.75) is 25.8 Å². The highest BCUT2D eigenvalue weighted by atomic mass is 79.9. The predicted octanol–water partition coefficient (Wildman–Crippen LogP) is 2.87. The van der Waals surface area contributed by atoms with Crippen molar-refractivity contribution in [3.8, 4) is 0 Å². The summed E-state index contributed by atoms with van der Waals surface area (Å²) in [6, 6.07) is 5.79. The quantitative estimate of drug-likeness (QED) is 0.880. The minimum Gasteiger partial charge on any atom is -0.324 e. The monoisotopic (exact) mass is 318 g/mol. The van der Waals surface area contributed by atoms with Crippen molar-refractivity contribution in [1.29, 1.82) is 0 Å². The summed E-state index contributed by atoms with van der Waals surface area (Å²) in [6.07, 6.45) is 2.01. The third-order valence-corrected chi connectivity index (χ3v) is 3.76. The lowest BCUT2D eigenvalue weighted by atomic mass is 10.1. The Bertz CT molecular complexity index is 405. The van der Waals surface area contributed by atoms with Crippen LogP contribution in [0.25, 0.3) is 0 Å². The molecule has 2 N–H and O–H groups in total. The molecular weight excluding hydrogens is 304 g/mol. The van der Waals surface area contributed by atoms with Crippen LogP contribution in [0.4, 0.5) is 5.69 Å². The van der Waals surface area contributed by atoms with Crippen LogP contribution in [-0.4, -0.2) is 18.5 Å². The lowest BCUT2D eigenvalue weighted by Crippen LogP contribution is -2.35. The lowest BCUT2D eigenvalue weighted by molar-refractivity contribution is -0.117. The number of benzene rings is 1. The van der Waals surface area contributed by atoms with E-state index in [0.717, 1.165) is 35.1 Å². The van der Waals surface area contributed by atoms with Gasteiger partial charge in [0.05, 0.1) is 6.04 Å². The van der Waals surface area contributed by atoms with E-state index in [1.165, 1.54) is 0 Å². The minimum absolute atomic E-state index is 0. The zero-order valence-corrected chi connectivity index (χ0v) is 12.0. The van der Waals surface area contributed by atoms with Crippen LogP contribution in [-0.2, 0) is 4.79 Å². The molecule has 0 aromatic heterocycles. The maximum absolute atomic E-state index is 11.9. The average molecular weight is 320 g/mol. The van der Waals surface area contributed by atoms with Crippen molar-refractivity contribution in [3.05, 3.63) is 28.2 Å². The second-order valence-corrected chi connectivity index (χ2v) is 4.90. The molecule has 0 bridgehead atoms. The highest BCUT2D eigenvalue weighted by Crippen LogP contribution is 2.23. The third kappa shape index (κ3) is 3.44. The van der Waals surface area contributed by atoms with E-state index in [4.69, 9.17) is 0 Å². The number of halogens is 2. The molecular formula is C12H16BrClN2O. The first-order chi connectivity index (χ1) is 7.68. The normalized spacial score (nSPS) is 18.6. The van der Waals surface area contributed by atoms with Crippen LogP contribution in [0.3, 0.4) is 0 Å². The summed E-state index contributed by atoms with van der Waals surface area (Å²) >= 11 is 3.45. The standard InChI is InChI=1S/C12H15BrN2O.ClH/c1-8-9(13)4-2-5-10(8)15-12(16)11-6-3-7-14-11;/h2,4-5,11,14H,3,6-7H2,1H3,(H,15,16);1H. The van der Waals surface area contributed by atoms with Crippen molar-refractivity contribution in [1.82, 2.24) is 5.32 Å². The number of anilines is 1. The van der Waals surface area contributed by atoms with Gasteiger partial charge in [-0.2, -0.15) is 0 Å². The summed E-state index contributed by atoms with van der Waals surface area (Å²) in [4.78, 5) is 11.9. The molecule has 0 radical (unpaired) electrons. The van der Waals surface area contributed by atoms with Crippen molar-refractivity contribution < 1.29 is 4.79 Å². The molecule has 0 aliphatic carbocycles. The summed E-state index contributed by atoms with van der Waals surface area (Å²) in [7, 11) is 0. The number of hydrogen-bond acceptors (Lipinski definition) is 2. The fourth-order valence-corrected chi connectivity index (χ4v) is 2.24. The van der Waals surface area contributed by atoms with E-state index in [9.17, 15) is 4.79 Å². The largest absolute Gasteiger partial charge is 0.324 e. The first-order valence-electron chi connectivity index (χ1n) is 5.48. The van der Waals surface area contributed by atoms with Crippen LogP contribution < -0.4 is 10.6 Å². The molecule has 1 atom stereocenters. The van der Waals surface area contributed by atoms with Crippen LogP contribution in [0.2, 0.25) is 0 Å². The van der Waals surface area contributed by atoms with Gasteiger partial charge in [-0.25, -0.2) is 0 Å². The number of carbonyl (C=O) groups is 1. The van der Waals surface area contributed by atoms with E-state index in [0.29, 0.717) is 0 Å². The fraction of sp³-hybridized carbons (Fsp3) is 0.417. The Morgan fingerprint density at radius 3 is 2.94 bits per heavy atom. The fourth-order valence-electron chi connectivity index (χ4n) is 1.87. The van der Waals surface area contributed by atoms with Gasteiger partial charge in [0.2, 0.25) is 5.91 Å². The number of rotatable bonds is 2. The molecule has 3 nitrogen and oxygen atoms in total. The molecule has 1 heterocycles. The van der Waals surface area contributed by atoms with Gasteiger partial charge in [-0.1, -0.05) is 22.0 Å². The number of carbonyl (C=O) groups excluding carboxylic acids is 1. The van der Waals surface area contributed by atoms with Gasteiger partial charge in [0, 0.05) is 10.2 Å². The van der Waals surface area contributed by atoms with E-state index in [1.807, 2.05) is 25.1 Å². The Kier molecular flexibility index (Phi) is 5.43. The van der Waals surface area contributed by atoms with Crippen LogP contribution in [0.5, 0.6) is 0 Å². The van der Waals surface area contributed by atoms with Gasteiger partial charge < -0.3 is 10.6 Å². The summed E-state index contributed by atoms with van der Waals surface area (Å²) < 4.78 is 1.02. The predicted molar refractivity (Wildman–Crippen MR) is 75.8 cm³/mol. The van der Waals surface area contributed by atoms with E-state index >= 15 is 0 Å². The maximum atomic E-state index is 11.9. The van der Waals surface area contributed by atoms with Gasteiger partial charge in [0.1, 0.15) is 0 Å². The van der Waals surface area contributed by atoms with Crippen LogP contribution in [0, 0.1) is 6.92 Å². The highest BCUT2D eigenvalue weighted by Gasteiger charge is 2.22. The first kappa shape index (κ1) is 14.5. The summed E-state index contributed by atoms with van der Waals surface area (Å²) in [5.41, 5.74) is 1.95. The van der Waals surface area contributed by atoms with Crippen LogP contribution >= 0.6 is 28.3 Å². The summed E-state index contributed by atoms with van der Waals surface area (Å²) in [5.74, 6) is 0.0682. The maximum Gasteiger partial charge on any atom is 0.241 e. The molecule has 1 amide bonds. The molecule has 2 rings (SSSR count). The Hall–Kier alpha value is -0.580. The molecule has 1 saturated heterocycles. The smallest absolute Gasteiger partial charge is 0.241 e. The Labute approximate surface area is 116 Å². The number of amides is 1. The minimum atomic E-state index is -0.0293. The van der Waals surface area contributed by atoms with Crippen molar-refractivity contribution >= 4 is 39.9 Å². The Morgan fingerprint density at radius 2 is 2.29 bits per heavy atom. The van der Waals surface area contributed by atoms with Crippen LogP contribution in [0.1, 0.15) is 18.4 Å². The van der Waals surface area contributed by atoms with Gasteiger partial charge in [-0.3, -0.25) is 4.79 Å². The molecule has 94 valence electrons. The Balaban J connectivity index is 0.00000144. The molecule has 1 aliphatic heterocycles. The van der Waals surface area contributed by atoms with Crippen molar-refractivity contribution in [3.63, 3.8) is 0 Å². The number of hydrogen-bond donors (Lipinski definition) is 2. The topological polar surface area (TPSA) is 41.1 Å². The van der Waals surface area contributed by atoms with Crippen LogP contribution in [0.15, 0.2) is 22.7 Å². The molecule has 0 saturated carbocycles. The van der Waals surface area contributed by atoms with E-state index in [1.54, 1.807) is 0 Å². The molecule has 1 fully saturated rings.